The lowest BCUT2D eigenvalue weighted by molar-refractivity contribution is 0.102. The third-order valence-electron chi connectivity index (χ3n) is 5.46. The molecule has 0 heterocycles. The number of carbonyl (C=O) groups excluding carboxylic acids is 1. The number of hydrogen-bond acceptors (Lipinski definition) is 3. The van der Waals surface area contributed by atoms with Gasteiger partial charge in [0.1, 0.15) is 18.1 Å². The summed E-state index contributed by atoms with van der Waals surface area (Å²) in [6, 6.07) is 19.6. The molecule has 0 radical (unpaired) electrons. The summed E-state index contributed by atoms with van der Waals surface area (Å²) < 4.78 is 11.8. The van der Waals surface area contributed by atoms with Crippen molar-refractivity contribution in [3.05, 3.63) is 88.5 Å². The van der Waals surface area contributed by atoms with Crippen molar-refractivity contribution in [1.82, 2.24) is 0 Å². The fourth-order valence-electron chi connectivity index (χ4n) is 3.54. The van der Waals surface area contributed by atoms with E-state index in [0.29, 0.717) is 18.8 Å². The van der Waals surface area contributed by atoms with Gasteiger partial charge in [-0.15, -0.1) is 0 Å². The number of para-hydroxylation sites is 1. The summed E-state index contributed by atoms with van der Waals surface area (Å²) in [5.74, 6) is 1.36. The van der Waals surface area contributed by atoms with E-state index < -0.39 is 0 Å². The molecule has 0 aromatic heterocycles. The summed E-state index contributed by atoms with van der Waals surface area (Å²) in [5, 5.41) is 3.05. The zero-order valence-electron chi connectivity index (χ0n) is 19.9. The average molecular weight is 432 g/mol. The van der Waals surface area contributed by atoms with Crippen LogP contribution in [0.5, 0.6) is 11.5 Å². The first-order chi connectivity index (χ1) is 15.2. The molecule has 32 heavy (non-hydrogen) atoms. The van der Waals surface area contributed by atoms with Crippen LogP contribution < -0.4 is 14.8 Å². The molecule has 0 aliphatic heterocycles. The van der Waals surface area contributed by atoms with Crippen LogP contribution in [0.1, 0.15) is 60.3 Å². The topological polar surface area (TPSA) is 47.6 Å². The Hall–Kier alpha value is -3.27. The van der Waals surface area contributed by atoms with Gasteiger partial charge >= 0.3 is 0 Å². The van der Waals surface area contributed by atoms with Crippen LogP contribution in [0.3, 0.4) is 0 Å². The van der Waals surface area contributed by atoms with Crippen LogP contribution in [0.4, 0.5) is 5.69 Å². The van der Waals surface area contributed by atoms with Gasteiger partial charge in [-0.1, -0.05) is 51.1 Å². The van der Waals surface area contributed by atoms with E-state index in [1.54, 1.807) is 6.07 Å². The predicted molar refractivity (Wildman–Crippen MR) is 131 cm³/mol. The maximum atomic E-state index is 13.0. The maximum absolute atomic E-state index is 13.0. The lowest BCUT2D eigenvalue weighted by Crippen LogP contribution is -2.14. The van der Waals surface area contributed by atoms with E-state index in [0.717, 1.165) is 33.9 Å². The number of benzene rings is 3. The van der Waals surface area contributed by atoms with E-state index in [4.69, 9.17) is 9.47 Å². The molecule has 3 aromatic rings. The first kappa shape index (κ1) is 23.4. The van der Waals surface area contributed by atoms with Crippen LogP contribution in [0.2, 0.25) is 0 Å². The van der Waals surface area contributed by atoms with Gasteiger partial charge in [-0.05, 0) is 73.2 Å². The predicted octanol–water partition coefficient (Wildman–Crippen LogP) is 6.83. The van der Waals surface area contributed by atoms with Crippen LogP contribution in [0.15, 0.2) is 60.7 Å². The zero-order valence-corrected chi connectivity index (χ0v) is 19.9. The molecular weight excluding hydrogens is 398 g/mol. The summed E-state index contributed by atoms with van der Waals surface area (Å²) in [4.78, 5) is 13.0. The van der Waals surface area contributed by atoms with Crippen molar-refractivity contribution < 1.29 is 14.3 Å². The van der Waals surface area contributed by atoms with E-state index in [1.807, 2.05) is 63.2 Å². The first-order valence-corrected chi connectivity index (χ1v) is 11.1. The molecule has 0 spiro atoms. The van der Waals surface area contributed by atoms with Crippen LogP contribution in [0, 0.1) is 13.8 Å². The van der Waals surface area contributed by atoms with Crippen molar-refractivity contribution in [3.8, 4) is 11.5 Å². The number of carbonyl (C=O) groups is 1. The molecule has 0 bridgehead atoms. The number of amides is 1. The van der Waals surface area contributed by atoms with E-state index in [-0.39, 0.29) is 11.3 Å². The van der Waals surface area contributed by atoms with Crippen LogP contribution in [0.25, 0.3) is 0 Å². The molecule has 0 saturated heterocycles. The van der Waals surface area contributed by atoms with Gasteiger partial charge < -0.3 is 14.8 Å². The quantitative estimate of drug-likeness (QED) is 0.446. The van der Waals surface area contributed by atoms with Gasteiger partial charge in [-0.25, -0.2) is 0 Å². The van der Waals surface area contributed by atoms with Crippen molar-refractivity contribution in [3.63, 3.8) is 0 Å². The summed E-state index contributed by atoms with van der Waals surface area (Å²) in [6.45, 7) is 13.3. The number of ether oxygens (including phenoxy) is 2. The third kappa shape index (κ3) is 5.70. The Morgan fingerprint density at radius 2 is 1.56 bits per heavy atom. The molecule has 0 unspecified atom stereocenters. The van der Waals surface area contributed by atoms with Crippen LogP contribution in [-0.2, 0) is 12.0 Å². The van der Waals surface area contributed by atoms with Gasteiger partial charge in [0.2, 0.25) is 0 Å². The minimum Gasteiger partial charge on any atom is -0.493 e. The van der Waals surface area contributed by atoms with Crippen molar-refractivity contribution in [1.29, 1.82) is 0 Å². The fourth-order valence-corrected chi connectivity index (χ4v) is 3.54. The van der Waals surface area contributed by atoms with Gasteiger partial charge in [0.15, 0.2) is 0 Å². The van der Waals surface area contributed by atoms with Crippen molar-refractivity contribution >= 4 is 11.6 Å². The Bertz CT molecular complexity index is 1060. The molecule has 0 saturated carbocycles. The summed E-state index contributed by atoms with van der Waals surface area (Å²) in [5.41, 5.74) is 5.67. The summed E-state index contributed by atoms with van der Waals surface area (Å²) >= 11 is 0. The van der Waals surface area contributed by atoms with E-state index in [1.165, 1.54) is 5.56 Å². The van der Waals surface area contributed by atoms with Crippen LogP contribution in [-0.4, -0.2) is 12.5 Å². The number of anilines is 1. The SMILES string of the molecule is CCOc1ccc(C(=O)Nc2c(C)cccc2C)cc1COc1ccc(C(C)(C)C)cc1. The largest absolute Gasteiger partial charge is 0.493 e. The van der Waals surface area contributed by atoms with E-state index in [2.05, 4.69) is 38.2 Å². The summed E-state index contributed by atoms with van der Waals surface area (Å²) in [7, 11) is 0. The lowest BCUT2D eigenvalue weighted by Gasteiger charge is -2.19. The van der Waals surface area contributed by atoms with Gasteiger partial charge in [0.25, 0.3) is 5.91 Å². The molecule has 3 rings (SSSR count). The monoisotopic (exact) mass is 431 g/mol. The number of hydrogen-bond donors (Lipinski definition) is 1. The van der Waals surface area contributed by atoms with E-state index in [9.17, 15) is 4.79 Å². The Kier molecular flexibility index (Phi) is 7.24. The van der Waals surface area contributed by atoms with Crippen molar-refractivity contribution in [2.45, 2.75) is 53.6 Å². The van der Waals surface area contributed by atoms with Crippen LogP contribution >= 0.6 is 0 Å². The first-order valence-electron chi connectivity index (χ1n) is 11.1. The molecular formula is C28H33NO3. The van der Waals surface area contributed by atoms with Gasteiger partial charge in [-0.2, -0.15) is 0 Å². The average Bonchev–Trinajstić information content (AvgIpc) is 2.75. The van der Waals surface area contributed by atoms with Crippen molar-refractivity contribution in [2.24, 2.45) is 0 Å². The Balaban J connectivity index is 1.79. The molecule has 168 valence electrons. The molecule has 3 aromatic carbocycles. The Labute approximate surface area is 191 Å². The molecule has 4 heteroatoms. The molecule has 1 N–H and O–H groups in total. The Morgan fingerprint density at radius 3 is 2.16 bits per heavy atom. The highest BCUT2D eigenvalue weighted by Crippen LogP contribution is 2.27. The molecule has 0 fully saturated rings. The molecule has 0 aliphatic rings. The second-order valence-electron chi connectivity index (χ2n) is 9.04. The minimum atomic E-state index is -0.152. The molecule has 0 aliphatic carbocycles. The maximum Gasteiger partial charge on any atom is 0.255 e. The molecule has 1 amide bonds. The second-order valence-corrected chi connectivity index (χ2v) is 9.04. The van der Waals surface area contributed by atoms with Gasteiger partial charge in [0, 0.05) is 16.8 Å². The Morgan fingerprint density at radius 1 is 0.906 bits per heavy atom. The minimum absolute atomic E-state index is 0.0951. The third-order valence-corrected chi connectivity index (χ3v) is 5.46. The highest BCUT2D eigenvalue weighted by atomic mass is 16.5. The lowest BCUT2D eigenvalue weighted by atomic mass is 9.87. The number of rotatable bonds is 7. The fraction of sp³-hybridized carbons (Fsp3) is 0.321. The number of aryl methyl sites for hydroxylation is 2. The molecule has 0 atom stereocenters. The standard InChI is InChI=1S/C28H33NO3/c1-7-31-25-16-11-21(27(30)29-26-19(2)9-8-10-20(26)3)17-22(25)18-32-24-14-12-23(13-15-24)28(4,5)6/h8-17H,7,18H2,1-6H3,(H,29,30). The number of nitrogens with one attached hydrogen (secondary N) is 1. The zero-order chi connectivity index (χ0) is 23.3. The van der Waals surface area contributed by atoms with Crippen molar-refractivity contribution in [2.75, 3.05) is 11.9 Å². The molecule has 4 nitrogen and oxygen atoms in total. The van der Waals surface area contributed by atoms with E-state index >= 15 is 0 Å². The van der Waals surface area contributed by atoms with Gasteiger partial charge in [-0.3, -0.25) is 4.79 Å². The second kappa shape index (κ2) is 9.90. The highest BCUT2D eigenvalue weighted by Gasteiger charge is 2.15. The normalized spacial score (nSPS) is 11.2. The smallest absolute Gasteiger partial charge is 0.255 e. The summed E-state index contributed by atoms with van der Waals surface area (Å²) in [6.07, 6.45) is 0. The highest BCUT2D eigenvalue weighted by molar-refractivity contribution is 6.05. The van der Waals surface area contributed by atoms with Gasteiger partial charge in [0.05, 0.1) is 6.61 Å².